The third-order valence-corrected chi connectivity index (χ3v) is 3.35. The highest BCUT2D eigenvalue weighted by atomic mass is 79.9. The Balaban J connectivity index is 2.64. The second kappa shape index (κ2) is 3.81. The minimum atomic E-state index is -0.866. The molecule has 2 rings (SSSR count). The van der Waals surface area contributed by atoms with Gasteiger partial charge in [0, 0.05) is 22.8 Å². The summed E-state index contributed by atoms with van der Waals surface area (Å²) in [5, 5.41) is 9.06. The summed E-state index contributed by atoms with van der Waals surface area (Å²) in [4.78, 5) is 22.6. The minimum Gasteiger partial charge on any atom is -0.481 e. The van der Waals surface area contributed by atoms with Gasteiger partial charge in [0.25, 0.3) is 5.56 Å². The Morgan fingerprint density at radius 2 is 2.27 bits per heavy atom. The van der Waals surface area contributed by atoms with Crippen molar-refractivity contribution in [1.82, 2.24) is 4.57 Å². The van der Waals surface area contributed by atoms with Crippen LogP contribution in [0.15, 0.2) is 21.4 Å². The van der Waals surface area contributed by atoms with E-state index in [-0.39, 0.29) is 5.56 Å². The number of halogens is 1. The summed E-state index contributed by atoms with van der Waals surface area (Å²) >= 11 is 3.30. The normalized spacial score (nSPS) is 19.7. The van der Waals surface area contributed by atoms with Crippen molar-refractivity contribution in [1.29, 1.82) is 0 Å². The van der Waals surface area contributed by atoms with Gasteiger partial charge in [0.1, 0.15) is 0 Å². The SMILES string of the molecule is O=C(O)C1CCCn2c1c(Br)ccc2=O. The van der Waals surface area contributed by atoms with E-state index in [9.17, 15) is 9.59 Å². The molecule has 5 heteroatoms. The van der Waals surface area contributed by atoms with Crippen molar-refractivity contribution < 1.29 is 9.90 Å². The van der Waals surface area contributed by atoms with Crippen molar-refractivity contribution in [2.45, 2.75) is 25.3 Å². The first-order valence-electron chi connectivity index (χ1n) is 4.73. The Morgan fingerprint density at radius 3 is 2.93 bits per heavy atom. The van der Waals surface area contributed by atoms with E-state index in [0.29, 0.717) is 23.1 Å². The van der Waals surface area contributed by atoms with Gasteiger partial charge in [-0.2, -0.15) is 0 Å². The summed E-state index contributed by atoms with van der Waals surface area (Å²) in [6, 6.07) is 3.08. The predicted octanol–water partition coefficient (Wildman–Crippen LogP) is 1.57. The average molecular weight is 272 g/mol. The molecule has 2 heterocycles. The number of carboxylic acids is 1. The highest BCUT2D eigenvalue weighted by molar-refractivity contribution is 9.10. The quantitative estimate of drug-likeness (QED) is 0.844. The van der Waals surface area contributed by atoms with E-state index in [1.54, 1.807) is 10.6 Å². The van der Waals surface area contributed by atoms with Crippen molar-refractivity contribution in [3.8, 4) is 0 Å². The molecule has 4 nitrogen and oxygen atoms in total. The van der Waals surface area contributed by atoms with E-state index in [0.717, 1.165) is 6.42 Å². The highest BCUT2D eigenvalue weighted by Gasteiger charge is 2.28. The molecule has 0 saturated carbocycles. The molecule has 0 aromatic carbocycles. The number of pyridine rings is 1. The van der Waals surface area contributed by atoms with Crippen LogP contribution in [0.2, 0.25) is 0 Å². The van der Waals surface area contributed by atoms with Crippen LogP contribution in [-0.4, -0.2) is 15.6 Å². The topological polar surface area (TPSA) is 59.3 Å². The molecule has 0 aliphatic carbocycles. The lowest BCUT2D eigenvalue weighted by Crippen LogP contribution is -2.31. The molecule has 0 amide bonds. The van der Waals surface area contributed by atoms with Gasteiger partial charge in [-0.05, 0) is 34.8 Å². The third kappa shape index (κ3) is 1.71. The molecule has 0 spiro atoms. The van der Waals surface area contributed by atoms with Crippen LogP contribution in [0.5, 0.6) is 0 Å². The second-order valence-corrected chi connectivity index (χ2v) is 4.44. The first-order valence-corrected chi connectivity index (χ1v) is 5.52. The number of hydrogen-bond donors (Lipinski definition) is 1. The summed E-state index contributed by atoms with van der Waals surface area (Å²) in [6.07, 6.45) is 1.33. The lowest BCUT2D eigenvalue weighted by Gasteiger charge is -2.24. The van der Waals surface area contributed by atoms with Crippen LogP contribution in [0.4, 0.5) is 0 Å². The molecule has 15 heavy (non-hydrogen) atoms. The first-order chi connectivity index (χ1) is 7.11. The third-order valence-electron chi connectivity index (χ3n) is 2.68. The largest absolute Gasteiger partial charge is 0.481 e. The monoisotopic (exact) mass is 271 g/mol. The van der Waals surface area contributed by atoms with Crippen molar-refractivity contribution in [2.24, 2.45) is 0 Å². The number of fused-ring (bicyclic) bond motifs is 1. The van der Waals surface area contributed by atoms with Gasteiger partial charge in [-0.15, -0.1) is 0 Å². The van der Waals surface area contributed by atoms with E-state index in [2.05, 4.69) is 15.9 Å². The number of nitrogens with zero attached hydrogens (tertiary/aromatic N) is 1. The van der Waals surface area contributed by atoms with Crippen LogP contribution in [0.3, 0.4) is 0 Å². The van der Waals surface area contributed by atoms with Crippen molar-refractivity contribution >= 4 is 21.9 Å². The summed E-state index contributed by atoms with van der Waals surface area (Å²) in [5.41, 5.74) is 0.473. The molecule has 1 aliphatic heterocycles. The van der Waals surface area contributed by atoms with Crippen LogP contribution in [0, 0.1) is 0 Å². The van der Waals surface area contributed by atoms with Gasteiger partial charge >= 0.3 is 5.97 Å². The fourth-order valence-corrected chi connectivity index (χ4v) is 2.61. The summed E-state index contributed by atoms with van der Waals surface area (Å²) in [7, 11) is 0. The Labute approximate surface area is 94.7 Å². The Morgan fingerprint density at radius 1 is 1.53 bits per heavy atom. The Bertz CT molecular complexity index is 466. The number of carboxylic acid groups (broad SMARTS) is 1. The molecule has 80 valence electrons. The summed E-state index contributed by atoms with van der Waals surface area (Å²) in [5.74, 6) is -1.43. The smallest absolute Gasteiger partial charge is 0.312 e. The number of hydrogen-bond acceptors (Lipinski definition) is 2. The number of carbonyl (C=O) groups is 1. The molecule has 1 aliphatic rings. The maximum absolute atomic E-state index is 11.5. The van der Waals surface area contributed by atoms with E-state index >= 15 is 0 Å². The number of aliphatic carboxylic acids is 1. The zero-order chi connectivity index (χ0) is 11.0. The molecule has 1 atom stereocenters. The molecule has 1 aromatic heterocycles. The van der Waals surface area contributed by atoms with E-state index in [1.165, 1.54) is 6.07 Å². The lowest BCUT2D eigenvalue weighted by atomic mass is 9.95. The van der Waals surface area contributed by atoms with Gasteiger partial charge in [-0.1, -0.05) is 0 Å². The summed E-state index contributed by atoms with van der Waals surface area (Å²) in [6.45, 7) is 0.609. The number of aromatic nitrogens is 1. The van der Waals surface area contributed by atoms with Crippen molar-refractivity contribution in [3.05, 3.63) is 32.7 Å². The first kappa shape index (κ1) is 10.4. The maximum atomic E-state index is 11.5. The van der Waals surface area contributed by atoms with Gasteiger partial charge in [0.2, 0.25) is 0 Å². The maximum Gasteiger partial charge on any atom is 0.312 e. The number of rotatable bonds is 1. The van der Waals surface area contributed by atoms with Crippen LogP contribution >= 0.6 is 15.9 Å². The van der Waals surface area contributed by atoms with Gasteiger partial charge in [0.15, 0.2) is 0 Å². The second-order valence-electron chi connectivity index (χ2n) is 3.59. The zero-order valence-electron chi connectivity index (χ0n) is 7.94. The predicted molar refractivity (Wildman–Crippen MR) is 58.0 cm³/mol. The van der Waals surface area contributed by atoms with E-state index in [4.69, 9.17) is 5.11 Å². The molecule has 0 bridgehead atoms. The average Bonchev–Trinajstić information content (AvgIpc) is 2.23. The zero-order valence-corrected chi connectivity index (χ0v) is 9.53. The fraction of sp³-hybridized carbons (Fsp3) is 0.400. The molecule has 0 radical (unpaired) electrons. The van der Waals surface area contributed by atoms with Gasteiger partial charge in [0.05, 0.1) is 5.92 Å². The molecule has 1 aromatic rings. The van der Waals surface area contributed by atoms with Gasteiger partial charge in [-0.25, -0.2) is 0 Å². The molecule has 0 fully saturated rings. The highest BCUT2D eigenvalue weighted by Crippen LogP contribution is 2.31. The molecular formula is C10H10BrNO3. The standard InChI is InChI=1S/C10H10BrNO3/c11-7-3-4-8(13)12-5-1-2-6(9(7)12)10(14)15/h3-4,6H,1-2,5H2,(H,14,15). The van der Waals surface area contributed by atoms with E-state index < -0.39 is 11.9 Å². The Kier molecular flexibility index (Phi) is 2.65. The van der Waals surface area contributed by atoms with Crippen molar-refractivity contribution in [3.63, 3.8) is 0 Å². The molecule has 1 N–H and O–H groups in total. The van der Waals surface area contributed by atoms with Gasteiger partial charge in [-0.3, -0.25) is 9.59 Å². The van der Waals surface area contributed by atoms with Crippen LogP contribution in [-0.2, 0) is 11.3 Å². The van der Waals surface area contributed by atoms with Crippen LogP contribution < -0.4 is 5.56 Å². The molecular weight excluding hydrogens is 262 g/mol. The minimum absolute atomic E-state index is 0.126. The fourth-order valence-electron chi connectivity index (χ4n) is 1.98. The van der Waals surface area contributed by atoms with Crippen LogP contribution in [0.1, 0.15) is 24.5 Å². The lowest BCUT2D eigenvalue weighted by molar-refractivity contribution is -0.139. The van der Waals surface area contributed by atoms with Crippen LogP contribution in [0.25, 0.3) is 0 Å². The molecule has 0 saturated heterocycles. The van der Waals surface area contributed by atoms with Crippen molar-refractivity contribution in [2.75, 3.05) is 0 Å². The van der Waals surface area contributed by atoms with E-state index in [1.807, 2.05) is 0 Å². The summed E-state index contributed by atoms with van der Waals surface area (Å²) < 4.78 is 2.25. The van der Waals surface area contributed by atoms with Gasteiger partial charge < -0.3 is 9.67 Å². The molecule has 1 unspecified atom stereocenters. The Hall–Kier alpha value is -1.10.